The molecular weight excluding hydrogens is 258 g/mol. The van der Waals surface area contributed by atoms with Crippen LogP contribution in [0.1, 0.15) is 11.5 Å². The van der Waals surface area contributed by atoms with E-state index < -0.39 is 11.6 Å². The van der Waals surface area contributed by atoms with E-state index in [0.29, 0.717) is 11.6 Å². The first-order valence-corrected chi connectivity index (χ1v) is 6.71. The molecule has 0 aromatic heterocycles. The molecule has 1 aliphatic heterocycles. The van der Waals surface area contributed by atoms with E-state index in [1.807, 2.05) is 18.2 Å². The molecule has 0 radical (unpaired) electrons. The maximum atomic E-state index is 13.2. The van der Waals surface area contributed by atoms with Gasteiger partial charge in [-0.1, -0.05) is 30.3 Å². The van der Waals surface area contributed by atoms with Crippen molar-refractivity contribution in [2.45, 2.75) is 12.0 Å². The minimum Gasteiger partial charge on any atom is -0.380 e. The van der Waals surface area contributed by atoms with Gasteiger partial charge in [-0.25, -0.2) is 8.78 Å². The van der Waals surface area contributed by atoms with E-state index in [1.165, 1.54) is 11.6 Å². The summed E-state index contributed by atoms with van der Waals surface area (Å²) in [7, 11) is 0. The predicted molar refractivity (Wildman–Crippen MR) is 75.8 cm³/mol. The second-order valence-electron chi connectivity index (χ2n) is 5.06. The molecule has 1 heterocycles. The molecule has 4 heteroatoms. The van der Waals surface area contributed by atoms with Crippen LogP contribution in [-0.2, 0) is 0 Å². The van der Waals surface area contributed by atoms with E-state index in [4.69, 9.17) is 0 Å². The van der Waals surface area contributed by atoms with Crippen molar-refractivity contribution in [1.82, 2.24) is 5.32 Å². The molecule has 1 aliphatic rings. The van der Waals surface area contributed by atoms with Crippen LogP contribution in [0.5, 0.6) is 0 Å². The monoisotopic (exact) mass is 274 g/mol. The van der Waals surface area contributed by atoms with Gasteiger partial charge in [0.1, 0.15) is 0 Å². The van der Waals surface area contributed by atoms with Crippen LogP contribution in [0.3, 0.4) is 0 Å². The van der Waals surface area contributed by atoms with Crippen LogP contribution in [0.2, 0.25) is 0 Å². The molecule has 1 saturated heterocycles. The first-order chi connectivity index (χ1) is 9.74. The van der Waals surface area contributed by atoms with Crippen LogP contribution in [0.15, 0.2) is 48.5 Å². The molecule has 2 aromatic carbocycles. The standard InChI is InChI=1S/C16H16F2N2/c17-14-7-6-12(8-15(14)18)20-16-10-19-9-13(16)11-4-2-1-3-5-11/h1-8,13,16,19-20H,9-10H2/t13-,16-/m0/s1. The van der Waals surface area contributed by atoms with Crippen molar-refractivity contribution in [1.29, 1.82) is 0 Å². The third kappa shape index (κ3) is 2.65. The summed E-state index contributed by atoms with van der Waals surface area (Å²) < 4.78 is 26.2. The Kier molecular flexibility index (Phi) is 3.65. The average molecular weight is 274 g/mol. The highest BCUT2D eigenvalue weighted by molar-refractivity contribution is 5.46. The molecule has 1 fully saturated rings. The van der Waals surface area contributed by atoms with E-state index in [1.54, 1.807) is 6.07 Å². The number of anilines is 1. The smallest absolute Gasteiger partial charge is 0.160 e. The lowest BCUT2D eigenvalue weighted by atomic mass is 9.94. The lowest BCUT2D eigenvalue weighted by Crippen LogP contribution is -2.27. The molecule has 2 atom stereocenters. The van der Waals surface area contributed by atoms with E-state index in [9.17, 15) is 8.78 Å². The summed E-state index contributed by atoms with van der Waals surface area (Å²) in [5.41, 5.74) is 1.86. The number of halogens is 2. The molecule has 0 aliphatic carbocycles. The Hall–Kier alpha value is -1.94. The molecule has 2 aromatic rings. The van der Waals surface area contributed by atoms with Gasteiger partial charge < -0.3 is 10.6 Å². The summed E-state index contributed by atoms with van der Waals surface area (Å²) in [5.74, 6) is -1.32. The first kappa shape index (κ1) is 13.1. The number of hydrogen-bond acceptors (Lipinski definition) is 2. The third-order valence-corrected chi connectivity index (χ3v) is 3.71. The van der Waals surface area contributed by atoms with Crippen LogP contribution < -0.4 is 10.6 Å². The number of rotatable bonds is 3. The first-order valence-electron chi connectivity index (χ1n) is 6.71. The molecular formula is C16H16F2N2. The Labute approximate surface area is 116 Å². The van der Waals surface area contributed by atoms with Crippen molar-refractivity contribution < 1.29 is 8.78 Å². The Balaban J connectivity index is 1.77. The van der Waals surface area contributed by atoms with Crippen LogP contribution in [0.4, 0.5) is 14.5 Å². The molecule has 2 nitrogen and oxygen atoms in total. The van der Waals surface area contributed by atoms with Crippen molar-refractivity contribution in [3.8, 4) is 0 Å². The average Bonchev–Trinajstić information content (AvgIpc) is 2.92. The highest BCUT2D eigenvalue weighted by atomic mass is 19.2. The Morgan fingerprint density at radius 2 is 1.75 bits per heavy atom. The van der Waals surface area contributed by atoms with Gasteiger partial charge >= 0.3 is 0 Å². The van der Waals surface area contributed by atoms with Gasteiger partial charge in [-0.15, -0.1) is 0 Å². The van der Waals surface area contributed by atoms with Crippen molar-refractivity contribution in [2.75, 3.05) is 18.4 Å². The summed E-state index contributed by atoms with van der Waals surface area (Å²) in [5, 5.41) is 6.63. The topological polar surface area (TPSA) is 24.1 Å². The zero-order valence-electron chi connectivity index (χ0n) is 10.9. The predicted octanol–water partition coefficient (Wildman–Crippen LogP) is 3.13. The van der Waals surface area contributed by atoms with Gasteiger partial charge in [-0.05, 0) is 17.7 Å². The number of benzene rings is 2. The quantitative estimate of drug-likeness (QED) is 0.898. The molecule has 2 N–H and O–H groups in total. The van der Waals surface area contributed by atoms with Gasteiger partial charge in [-0.2, -0.15) is 0 Å². The normalized spacial score (nSPS) is 21.9. The Morgan fingerprint density at radius 1 is 0.950 bits per heavy atom. The summed E-state index contributed by atoms with van der Waals surface area (Å²) in [6.07, 6.45) is 0. The third-order valence-electron chi connectivity index (χ3n) is 3.71. The fourth-order valence-corrected chi connectivity index (χ4v) is 2.68. The number of hydrogen-bond donors (Lipinski definition) is 2. The van der Waals surface area contributed by atoms with E-state index in [-0.39, 0.29) is 6.04 Å². The summed E-state index contributed by atoms with van der Waals surface area (Å²) in [6.45, 7) is 1.68. The minimum absolute atomic E-state index is 0.169. The summed E-state index contributed by atoms with van der Waals surface area (Å²) in [4.78, 5) is 0. The van der Waals surface area contributed by atoms with Crippen LogP contribution in [0, 0.1) is 11.6 Å². The zero-order valence-corrected chi connectivity index (χ0v) is 10.9. The highest BCUT2D eigenvalue weighted by Gasteiger charge is 2.28. The molecule has 0 bridgehead atoms. The van der Waals surface area contributed by atoms with Crippen molar-refractivity contribution in [3.05, 3.63) is 65.7 Å². The lowest BCUT2D eigenvalue weighted by Gasteiger charge is -2.21. The van der Waals surface area contributed by atoms with Crippen molar-refractivity contribution in [3.63, 3.8) is 0 Å². The maximum absolute atomic E-state index is 13.2. The van der Waals surface area contributed by atoms with Crippen molar-refractivity contribution in [2.24, 2.45) is 0 Å². The van der Waals surface area contributed by atoms with Crippen LogP contribution in [-0.4, -0.2) is 19.1 Å². The van der Waals surface area contributed by atoms with E-state index >= 15 is 0 Å². The van der Waals surface area contributed by atoms with E-state index in [0.717, 1.165) is 19.2 Å². The van der Waals surface area contributed by atoms with Crippen LogP contribution >= 0.6 is 0 Å². The van der Waals surface area contributed by atoms with Gasteiger partial charge in [0.25, 0.3) is 0 Å². The molecule has 0 unspecified atom stereocenters. The van der Waals surface area contributed by atoms with Gasteiger partial charge in [-0.3, -0.25) is 0 Å². The SMILES string of the molecule is Fc1ccc(N[C@H]2CNC[C@H]2c2ccccc2)cc1F. The highest BCUT2D eigenvalue weighted by Crippen LogP contribution is 2.26. The second-order valence-corrected chi connectivity index (χ2v) is 5.06. The minimum atomic E-state index is -0.822. The zero-order chi connectivity index (χ0) is 13.9. The van der Waals surface area contributed by atoms with Gasteiger partial charge in [0.15, 0.2) is 11.6 Å². The molecule has 0 saturated carbocycles. The molecule has 0 amide bonds. The second kappa shape index (κ2) is 5.59. The summed E-state index contributed by atoms with van der Waals surface area (Å²) in [6, 6.07) is 14.3. The maximum Gasteiger partial charge on any atom is 0.160 e. The summed E-state index contributed by atoms with van der Waals surface area (Å²) >= 11 is 0. The van der Waals surface area contributed by atoms with Crippen molar-refractivity contribution >= 4 is 5.69 Å². The lowest BCUT2D eigenvalue weighted by molar-refractivity contribution is 0.508. The molecule has 0 spiro atoms. The van der Waals surface area contributed by atoms with Gasteiger partial charge in [0, 0.05) is 36.8 Å². The van der Waals surface area contributed by atoms with Crippen LogP contribution in [0.25, 0.3) is 0 Å². The van der Waals surface area contributed by atoms with Gasteiger partial charge in [0.05, 0.1) is 0 Å². The van der Waals surface area contributed by atoms with Gasteiger partial charge in [0.2, 0.25) is 0 Å². The fraction of sp³-hybridized carbons (Fsp3) is 0.250. The fourth-order valence-electron chi connectivity index (χ4n) is 2.68. The molecule has 3 rings (SSSR count). The number of nitrogens with one attached hydrogen (secondary N) is 2. The Bertz CT molecular complexity index is 586. The largest absolute Gasteiger partial charge is 0.380 e. The van der Waals surface area contributed by atoms with E-state index in [2.05, 4.69) is 22.8 Å². The Morgan fingerprint density at radius 3 is 2.50 bits per heavy atom. The molecule has 104 valence electrons. The molecule has 20 heavy (non-hydrogen) atoms.